The first-order valence-corrected chi connectivity index (χ1v) is 11.6. The van der Waals surface area contributed by atoms with Crippen molar-refractivity contribution in [3.63, 3.8) is 0 Å². The van der Waals surface area contributed by atoms with Crippen molar-refractivity contribution >= 4 is 53.2 Å². The zero-order chi connectivity index (χ0) is 23.3. The Bertz CT molecular complexity index is 1660. The Balaban J connectivity index is 0.00000204. The second-order valence-corrected chi connectivity index (χ2v) is 9.34. The van der Waals surface area contributed by atoms with Crippen LogP contribution in [0.25, 0.3) is 21.5 Å². The first-order chi connectivity index (χ1) is 15.0. The Kier molecular flexibility index (Phi) is 8.53. The molecular formula is C20H10CrN2NaO8S2. The summed E-state index contributed by atoms with van der Waals surface area (Å²) >= 11 is 0. The fraction of sp³-hybridized carbons (Fsp3) is 0. The average molecular weight is 545 g/mol. The Hall–Kier alpha value is -2.05. The van der Waals surface area contributed by atoms with Crippen LogP contribution in [0.4, 0.5) is 11.4 Å². The van der Waals surface area contributed by atoms with Gasteiger partial charge in [0.05, 0.1) is 21.2 Å². The molecule has 0 N–H and O–H groups in total. The second kappa shape index (κ2) is 10.3. The molecule has 0 aromatic heterocycles. The molecule has 34 heavy (non-hydrogen) atoms. The molecule has 0 heterocycles. The number of azo groups is 1. The van der Waals surface area contributed by atoms with E-state index in [1.165, 1.54) is 48.5 Å². The molecule has 0 bridgehead atoms. The zero-order valence-electron chi connectivity index (χ0n) is 17.2. The van der Waals surface area contributed by atoms with Crippen molar-refractivity contribution in [3.05, 3.63) is 60.7 Å². The summed E-state index contributed by atoms with van der Waals surface area (Å²) in [5, 5.41) is 32.6. The van der Waals surface area contributed by atoms with E-state index < -0.39 is 41.5 Å². The summed E-state index contributed by atoms with van der Waals surface area (Å²) in [7, 11) is -9.89. The minimum absolute atomic E-state index is 0. The van der Waals surface area contributed by atoms with Crippen LogP contribution >= 0.6 is 0 Å². The zero-order valence-corrected chi connectivity index (χ0v) is 22.1. The SMILES string of the molecule is O=S(=O)([O-])c1cc([O-])c(N=Nc2ccc3cccc(S(=O)(=O)[O-])c3c2[O-])c2ccccc12.[Cr+3].[Na+]. The summed E-state index contributed by atoms with van der Waals surface area (Å²) in [5.74, 6) is -1.81. The minimum atomic E-state index is -4.95. The fourth-order valence-corrected chi connectivity index (χ4v) is 4.71. The van der Waals surface area contributed by atoms with Crippen LogP contribution < -0.4 is 39.8 Å². The Labute approximate surface area is 226 Å². The van der Waals surface area contributed by atoms with E-state index in [4.69, 9.17) is 0 Å². The number of fused-ring (bicyclic) bond motifs is 2. The van der Waals surface area contributed by atoms with Crippen LogP contribution in [0.1, 0.15) is 0 Å². The molecule has 0 saturated carbocycles. The molecule has 0 aliphatic rings. The van der Waals surface area contributed by atoms with Gasteiger partial charge >= 0.3 is 46.9 Å². The van der Waals surface area contributed by atoms with Crippen LogP contribution in [0, 0.1) is 0 Å². The van der Waals surface area contributed by atoms with E-state index in [0.717, 1.165) is 6.07 Å². The normalized spacial score (nSPS) is 11.9. The standard InChI is InChI=1S/C20H14N2O8S2.Cr.Na/c23-15-10-17(32(28,29)30)12-5-1-2-6-13(12)19(15)22-21-14-9-8-11-4-3-7-16(31(25,26)27)18(11)20(14)24;;/h1-10,23-24H,(H,25,26,27)(H,28,29,30);;/q;+3;+1/p-4. The van der Waals surface area contributed by atoms with Crippen molar-refractivity contribution in [1.29, 1.82) is 0 Å². The van der Waals surface area contributed by atoms with Crippen molar-refractivity contribution in [1.82, 2.24) is 0 Å². The van der Waals surface area contributed by atoms with E-state index >= 15 is 0 Å². The second-order valence-electron chi connectivity index (χ2n) is 6.64. The number of hydrogen-bond donors (Lipinski definition) is 0. The molecule has 4 rings (SSSR count). The molecule has 0 amide bonds. The predicted octanol–water partition coefficient (Wildman–Crippen LogP) is -0.635. The summed E-state index contributed by atoms with van der Waals surface area (Å²) in [6.07, 6.45) is 0. The predicted molar refractivity (Wildman–Crippen MR) is 107 cm³/mol. The van der Waals surface area contributed by atoms with Gasteiger partial charge in [-0.15, -0.1) is 0 Å². The van der Waals surface area contributed by atoms with Crippen LogP contribution in [-0.2, 0) is 37.6 Å². The van der Waals surface area contributed by atoms with Crippen LogP contribution in [0.3, 0.4) is 0 Å². The number of hydrogen-bond acceptors (Lipinski definition) is 10. The number of benzene rings is 4. The van der Waals surface area contributed by atoms with Gasteiger partial charge in [0.15, 0.2) is 0 Å². The van der Waals surface area contributed by atoms with Crippen molar-refractivity contribution in [2.24, 2.45) is 10.2 Å². The number of nitrogens with zero attached hydrogens (tertiary/aromatic N) is 2. The van der Waals surface area contributed by atoms with E-state index in [9.17, 15) is 36.2 Å². The Morgan fingerprint density at radius 1 is 0.706 bits per heavy atom. The van der Waals surface area contributed by atoms with Gasteiger partial charge in [0.2, 0.25) is 0 Å². The molecule has 4 aromatic carbocycles. The van der Waals surface area contributed by atoms with Crippen LogP contribution in [0.15, 0.2) is 80.7 Å². The van der Waals surface area contributed by atoms with Gasteiger partial charge in [-0.1, -0.05) is 54.0 Å². The summed E-state index contributed by atoms with van der Waals surface area (Å²) in [5.41, 5.74) is -0.671. The maximum Gasteiger partial charge on any atom is 3.00 e. The molecule has 0 aliphatic carbocycles. The Morgan fingerprint density at radius 2 is 1.32 bits per heavy atom. The topological polar surface area (TPSA) is 185 Å². The van der Waals surface area contributed by atoms with Gasteiger partial charge in [0.25, 0.3) is 0 Å². The molecule has 0 fully saturated rings. The first-order valence-electron chi connectivity index (χ1n) is 8.77. The van der Waals surface area contributed by atoms with Gasteiger partial charge < -0.3 is 19.3 Å². The van der Waals surface area contributed by atoms with Crippen LogP contribution in [0.5, 0.6) is 11.5 Å². The molecule has 0 aliphatic heterocycles. The van der Waals surface area contributed by atoms with E-state index in [1.807, 2.05) is 0 Å². The van der Waals surface area contributed by atoms with Crippen LogP contribution in [0.2, 0.25) is 0 Å². The van der Waals surface area contributed by atoms with Gasteiger partial charge in [-0.3, -0.25) is 0 Å². The van der Waals surface area contributed by atoms with E-state index in [-0.39, 0.29) is 79.8 Å². The van der Waals surface area contributed by atoms with Gasteiger partial charge in [0, 0.05) is 10.8 Å². The van der Waals surface area contributed by atoms with Gasteiger partial charge in [-0.25, -0.2) is 16.8 Å². The average Bonchev–Trinajstić information content (AvgIpc) is 2.72. The van der Waals surface area contributed by atoms with Crippen molar-refractivity contribution in [2.75, 3.05) is 0 Å². The maximum atomic E-state index is 12.8. The molecule has 0 spiro atoms. The molecule has 0 saturated heterocycles. The Morgan fingerprint density at radius 3 is 1.94 bits per heavy atom. The van der Waals surface area contributed by atoms with Crippen molar-refractivity contribution < 1.29 is 83.1 Å². The molecule has 1 radical (unpaired) electrons. The summed E-state index contributed by atoms with van der Waals surface area (Å²) in [4.78, 5) is -1.42. The molecule has 4 aromatic rings. The molecule has 10 nitrogen and oxygen atoms in total. The van der Waals surface area contributed by atoms with Crippen molar-refractivity contribution in [2.45, 2.75) is 9.79 Å². The van der Waals surface area contributed by atoms with E-state index in [1.54, 1.807) is 0 Å². The van der Waals surface area contributed by atoms with Gasteiger partial charge in [-0.05, 0) is 29.0 Å². The third-order valence-corrected chi connectivity index (χ3v) is 6.43. The van der Waals surface area contributed by atoms with E-state index in [2.05, 4.69) is 10.2 Å². The minimum Gasteiger partial charge on any atom is -0.871 e. The molecule has 14 heteroatoms. The van der Waals surface area contributed by atoms with Gasteiger partial charge in [-0.2, -0.15) is 10.2 Å². The molecule has 167 valence electrons. The first kappa shape index (κ1) is 28.2. The van der Waals surface area contributed by atoms with Crippen molar-refractivity contribution in [3.8, 4) is 11.5 Å². The molecular weight excluding hydrogens is 535 g/mol. The third-order valence-electron chi connectivity index (χ3n) is 4.68. The van der Waals surface area contributed by atoms with Gasteiger partial charge in [0.1, 0.15) is 20.2 Å². The summed E-state index contributed by atoms with van der Waals surface area (Å²) < 4.78 is 69.1. The van der Waals surface area contributed by atoms with E-state index in [0.29, 0.717) is 6.07 Å². The maximum absolute atomic E-state index is 12.8. The quantitative estimate of drug-likeness (QED) is 0.184. The molecule has 0 atom stereocenters. The monoisotopic (exact) mass is 545 g/mol. The number of rotatable bonds is 4. The van der Waals surface area contributed by atoms with Crippen LogP contribution in [-0.4, -0.2) is 25.9 Å². The largest absolute Gasteiger partial charge is 3.00 e. The smallest absolute Gasteiger partial charge is 0.871 e. The fourth-order valence-electron chi connectivity index (χ4n) is 3.31. The third kappa shape index (κ3) is 5.28. The summed E-state index contributed by atoms with van der Waals surface area (Å²) in [6, 6.07) is 12.6. The summed E-state index contributed by atoms with van der Waals surface area (Å²) in [6.45, 7) is 0. The molecule has 0 unspecified atom stereocenters.